The molecular formula is C33H37ClF6N10O4. The summed E-state index contributed by atoms with van der Waals surface area (Å²) in [6, 6.07) is 9.54. The Hall–Kier alpha value is -5.63. The molecule has 0 fully saturated rings. The van der Waals surface area contributed by atoms with Gasteiger partial charge in [-0.15, -0.1) is 26.3 Å². The van der Waals surface area contributed by atoms with Crippen molar-refractivity contribution >= 4 is 52.8 Å². The van der Waals surface area contributed by atoms with Crippen molar-refractivity contribution in [3.8, 4) is 11.5 Å². The van der Waals surface area contributed by atoms with E-state index in [9.17, 15) is 35.9 Å². The summed E-state index contributed by atoms with van der Waals surface area (Å²) in [5, 5.41) is 13.2. The van der Waals surface area contributed by atoms with Crippen molar-refractivity contribution in [3.05, 3.63) is 76.2 Å². The van der Waals surface area contributed by atoms with E-state index in [1.165, 1.54) is 44.2 Å². The van der Waals surface area contributed by atoms with Crippen molar-refractivity contribution in [1.82, 2.24) is 24.8 Å². The van der Waals surface area contributed by atoms with Crippen LogP contribution in [-0.4, -0.2) is 76.8 Å². The van der Waals surface area contributed by atoms with Gasteiger partial charge in [0.2, 0.25) is 11.9 Å². The topological polar surface area (TPSA) is 168 Å². The van der Waals surface area contributed by atoms with Crippen molar-refractivity contribution in [2.45, 2.75) is 46.8 Å². The number of carbonyl (C=O) groups excluding carboxylic acids is 2. The fourth-order valence-corrected chi connectivity index (χ4v) is 4.61. The lowest BCUT2D eigenvalue weighted by molar-refractivity contribution is -0.275. The molecule has 4 rings (SSSR count). The number of hydrogen-bond donors (Lipinski definition) is 5. The van der Waals surface area contributed by atoms with E-state index >= 15 is 0 Å². The maximum Gasteiger partial charge on any atom is 0.573 e. The van der Waals surface area contributed by atoms with Crippen LogP contribution in [0.4, 0.5) is 65.0 Å². The maximum absolute atomic E-state index is 12.3. The minimum atomic E-state index is -4.78. The predicted octanol–water partition coefficient (Wildman–Crippen LogP) is 8.29. The molecule has 2 heterocycles. The Morgan fingerprint density at radius 2 is 1.15 bits per heavy atom. The van der Waals surface area contributed by atoms with Gasteiger partial charge in [0.1, 0.15) is 22.5 Å². The van der Waals surface area contributed by atoms with E-state index < -0.39 is 24.8 Å². The lowest BCUT2D eigenvalue weighted by atomic mass is 10.2. The Morgan fingerprint density at radius 3 is 1.57 bits per heavy atom. The molecule has 0 radical (unpaired) electrons. The number of nitrogens with zero attached hydrogens (tertiary/aromatic N) is 5. The summed E-state index contributed by atoms with van der Waals surface area (Å²) in [7, 11) is 3.99. The van der Waals surface area contributed by atoms with Crippen LogP contribution in [0.3, 0.4) is 0 Å². The van der Waals surface area contributed by atoms with Gasteiger partial charge in [-0.2, -0.15) is 4.98 Å². The molecule has 292 valence electrons. The molecule has 0 atom stereocenters. The van der Waals surface area contributed by atoms with Crippen LogP contribution >= 0.6 is 11.6 Å². The third-order valence-corrected chi connectivity index (χ3v) is 6.73. The number of carbonyl (C=O) groups is 2. The molecule has 0 spiro atoms. The number of amides is 4. The first-order chi connectivity index (χ1) is 25.1. The van der Waals surface area contributed by atoms with Gasteiger partial charge in [-0.25, -0.2) is 24.5 Å². The molecular weight excluding hydrogens is 750 g/mol. The second kappa shape index (κ2) is 18.9. The first-order valence-electron chi connectivity index (χ1n) is 15.8. The predicted molar refractivity (Wildman–Crippen MR) is 191 cm³/mol. The number of hydrogen-bond acceptors (Lipinski definition) is 10. The molecule has 2 aromatic heterocycles. The highest BCUT2D eigenvalue weighted by molar-refractivity contribution is 6.29. The van der Waals surface area contributed by atoms with Gasteiger partial charge in [-0.3, -0.25) is 10.6 Å². The minimum Gasteiger partial charge on any atom is -0.406 e. The largest absolute Gasteiger partial charge is 0.573 e. The number of halogens is 7. The van der Waals surface area contributed by atoms with Crippen LogP contribution in [0.25, 0.3) is 0 Å². The van der Waals surface area contributed by atoms with E-state index in [2.05, 4.69) is 60.9 Å². The Labute approximate surface area is 311 Å². The summed E-state index contributed by atoms with van der Waals surface area (Å²) < 4.78 is 81.4. The SMILES string of the molecule is Cc1cc(Cl)nc(NC(=O)Nc2ccc(OC(F)(F)F)c(C)c2)n1.Cc1cc(NCCCN(C)C)nc(NC(=O)Nc2ccc(OC(F)(F)F)c(C)c2)n1. The normalized spacial score (nSPS) is 11.2. The molecule has 2 aromatic carbocycles. The zero-order valence-corrected chi connectivity index (χ0v) is 30.5. The maximum atomic E-state index is 12.3. The average Bonchev–Trinajstić information content (AvgIpc) is 3.00. The molecule has 0 unspecified atom stereocenters. The molecule has 14 nitrogen and oxygen atoms in total. The number of alkyl halides is 6. The Balaban J connectivity index is 0.000000297. The standard InChI is InChI=1S/C19H25F3N6O2.C14H12ClF3N4O2/c1-12-10-14(6-7-15(12)30-19(20,21)22)25-18(29)27-17-24-13(2)11-16(26-17)23-8-5-9-28(3)4;1-7-5-9(3-4-10(7)24-14(16,17)18)20-13(23)22-12-19-8(2)6-11(15)21-12/h6-7,10-11H,5,8-9H2,1-4H3,(H3,23,24,25,26,27,29);3-6H,1-2H3,(H2,19,20,21,22,23). The number of aromatic nitrogens is 4. The van der Waals surface area contributed by atoms with E-state index in [0.29, 0.717) is 29.4 Å². The van der Waals surface area contributed by atoms with E-state index in [-0.39, 0.29) is 45.4 Å². The number of benzene rings is 2. The van der Waals surface area contributed by atoms with Crippen LogP contribution in [0.15, 0.2) is 48.5 Å². The highest BCUT2D eigenvalue weighted by Gasteiger charge is 2.32. The molecule has 5 N–H and O–H groups in total. The first-order valence-corrected chi connectivity index (χ1v) is 16.2. The second-order valence-corrected chi connectivity index (χ2v) is 12.1. The number of anilines is 5. The molecule has 54 heavy (non-hydrogen) atoms. The van der Waals surface area contributed by atoms with Gasteiger partial charge in [0, 0.05) is 35.4 Å². The van der Waals surface area contributed by atoms with Crippen LogP contribution in [0.2, 0.25) is 5.15 Å². The molecule has 4 amide bonds. The van der Waals surface area contributed by atoms with Crippen molar-refractivity contribution in [2.75, 3.05) is 53.8 Å². The Kier molecular flexibility index (Phi) is 15.0. The quantitative estimate of drug-likeness (QED) is 0.0567. The summed E-state index contributed by atoms with van der Waals surface area (Å²) in [4.78, 5) is 42.4. The summed E-state index contributed by atoms with van der Waals surface area (Å²) in [5.74, 6) is 0.0198. The lowest BCUT2D eigenvalue weighted by Gasteiger charge is -2.13. The van der Waals surface area contributed by atoms with Crippen LogP contribution in [-0.2, 0) is 0 Å². The molecule has 0 saturated carbocycles. The summed E-state index contributed by atoms with van der Waals surface area (Å²) in [6.45, 7) is 7.97. The van der Waals surface area contributed by atoms with E-state index in [0.717, 1.165) is 25.1 Å². The van der Waals surface area contributed by atoms with Crippen molar-refractivity contribution in [1.29, 1.82) is 0 Å². The monoisotopic (exact) mass is 786 g/mol. The number of nitrogens with one attached hydrogen (secondary N) is 5. The van der Waals surface area contributed by atoms with Crippen molar-refractivity contribution in [2.24, 2.45) is 0 Å². The van der Waals surface area contributed by atoms with Gasteiger partial charge in [-0.05, 0) is 108 Å². The molecule has 0 aliphatic carbocycles. The molecule has 0 saturated heterocycles. The third-order valence-electron chi connectivity index (χ3n) is 6.53. The Morgan fingerprint density at radius 1 is 0.685 bits per heavy atom. The third kappa shape index (κ3) is 15.9. The number of urea groups is 2. The number of aryl methyl sites for hydroxylation is 4. The number of rotatable bonds is 11. The fourth-order valence-electron chi connectivity index (χ4n) is 4.37. The smallest absolute Gasteiger partial charge is 0.406 e. The van der Waals surface area contributed by atoms with Gasteiger partial charge in [0.25, 0.3) is 0 Å². The van der Waals surface area contributed by atoms with E-state index in [1.54, 1.807) is 19.9 Å². The highest BCUT2D eigenvalue weighted by atomic mass is 35.5. The van der Waals surface area contributed by atoms with Gasteiger partial charge < -0.3 is 30.3 Å². The highest BCUT2D eigenvalue weighted by Crippen LogP contribution is 2.29. The Bertz CT molecular complexity index is 1890. The zero-order valence-electron chi connectivity index (χ0n) is 29.8. The second-order valence-electron chi connectivity index (χ2n) is 11.7. The minimum absolute atomic E-state index is 0.00578. The summed E-state index contributed by atoms with van der Waals surface area (Å²) in [6.07, 6.45) is -8.64. The first kappa shape index (κ1) is 42.8. The van der Waals surface area contributed by atoms with E-state index in [4.69, 9.17) is 11.6 Å². The van der Waals surface area contributed by atoms with Crippen LogP contribution in [0, 0.1) is 27.7 Å². The van der Waals surface area contributed by atoms with Gasteiger partial charge in [0.15, 0.2) is 0 Å². The molecule has 0 aliphatic heterocycles. The molecule has 21 heteroatoms. The van der Waals surface area contributed by atoms with Gasteiger partial charge in [0.05, 0.1) is 0 Å². The van der Waals surface area contributed by atoms with Crippen LogP contribution in [0.1, 0.15) is 28.9 Å². The summed E-state index contributed by atoms with van der Waals surface area (Å²) in [5.41, 5.74) is 2.24. The summed E-state index contributed by atoms with van der Waals surface area (Å²) >= 11 is 5.76. The average molecular weight is 787 g/mol. The van der Waals surface area contributed by atoms with Crippen LogP contribution in [0.5, 0.6) is 11.5 Å². The number of ether oxygens (including phenoxy) is 2. The zero-order chi connectivity index (χ0) is 40.2. The van der Waals surface area contributed by atoms with Crippen LogP contribution < -0.4 is 36.1 Å². The molecule has 0 aliphatic rings. The lowest BCUT2D eigenvalue weighted by Crippen LogP contribution is -2.22. The molecule has 4 aromatic rings. The van der Waals surface area contributed by atoms with Gasteiger partial charge in [-0.1, -0.05) is 11.6 Å². The van der Waals surface area contributed by atoms with Crippen molar-refractivity contribution in [3.63, 3.8) is 0 Å². The van der Waals surface area contributed by atoms with Gasteiger partial charge >= 0.3 is 24.8 Å². The van der Waals surface area contributed by atoms with E-state index in [1.807, 2.05) is 14.1 Å². The van der Waals surface area contributed by atoms with Crippen molar-refractivity contribution < 1.29 is 45.4 Å². The molecule has 0 bridgehead atoms. The fraction of sp³-hybridized carbons (Fsp3) is 0.333.